The number of halogens is 6. The molecule has 336 valence electrons. The molecule has 0 unspecified atom stereocenters. The third kappa shape index (κ3) is 11.3. The van der Waals surface area contributed by atoms with Crippen LogP contribution in [0.25, 0.3) is 0 Å². The molecule has 0 aromatic heterocycles. The molecular weight excluding hydrogens is 812 g/mol. The summed E-state index contributed by atoms with van der Waals surface area (Å²) in [6.07, 6.45) is -11.5. The summed E-state index contributed by atoms with van der Waals surface area (Å²) < 4.78 is 82.9. The predicted molar refractivity (Wildman–Crippen MR) is 254 cm³/mol. The molecule has 0 saturated heterocycles. The van der Waals surface area contributed by atoms with Crippen molar-refractivity contribution < 1.29 is 35.8 Å². The van der Waals surface area contributed by atoms with Crippen molar-refractivity contribution in [1.29, 1.82) is 0 Å². The van der Waals surface area contributed by atoms with E-state index in [9.17, 15) is 26.3 Å². The van der Waals surface area contributed by atoms with E-state index >= 15 is 0 Å². The Morgan fingerprint density at radius 2 is 0.565 bits per heavy atom. The minimum absolute atomic E-state index is 0.324. The number of ether oxygens (including phenoxy) is 2. The summed E-state index contributed by atoms with van der Waals surface area (Å²) in [6.45, 7) is 39.1. The zero-order valence-electron chi connectivity index (χ0n) is 40.0. The molecule has 0 saturated carbocycles. The van der Waals surface area contributed by atoms with Gasteiger partial charge in [-0.25, -0.2) is 0 Å². The Kier molecular flexibility index (Phi) is 14.7. The molecule has 5 aromatic carbocycles. The minimum Gasteiger partial charge on any atom is -0.405 e. The molecule has 0 atom stereocenters. The van der Waals surface area contributed by atoms with Gasteiger partial charge in [0, 0.05) is 26.1 Å². The van der Waals surface area contributed by atoms with Gasteiger partial charge in [-0.1, -0.05) is 115 Å². The summed E-state index contributed by atoms with van der Waals surface area (Å²) >= 11 is 0. The van der Waals surface area contributed by atoms with E-state index in [0.717, 1.165) is 12.1 Å². The van der Waals surface area contributed by atoms with E-state index in [-0.39, 0.29) is 10.3 Å². The topological polar surface area (TPSA) is 18.5 Å². The summed E-state index contributed by atoms with van der Waals surface area (Å²) in [7, 11) is -1.60. The van der Waals surface area contributed by atoms with Gasteiger partial charge in [-0.05, 0) is 125 Å². The third-order valence-electron chi connectivity index (χ3n) is 11.8. The fourth-order valence-electron chi connectivity index (χ4n) is 11.5. The molecule has 0 radical (unpaired) electrons. The van der Waals surface area contributed by atoms with Crippen LogP contribution < -0.4 is 36.6 Å². The van der Waals surface area contributed by atoms with Gasteiger partial charge in [0.1, 0.15) is 17.6 Å². The number of aryl methyl sites for hydroxylation is 12. The predicted octanol–water partition coefficient (Wildman–Crippen LogP) is 12.7. The lowest BCUT2D eigenvalue weighted by molar-refractivity contribution is -0.276. The van der Waals surface area contributed by atoms with E-state index in [1.807, 2.05) is 41.5 Å². The van der Waals surface area contributed by atoms with E-state index in [1.54, 1.807) is 0 Å². The van der Waals surface area contributed by atoms with Crippen molar-refractivity contribution in [1.82, 2.24) is 0 Å². The van der Waals surface area contributed by atoms with Crippen molar-refractivity contribution in [2.75, 3.05) is 0 Å². The lowest BCUT2D eigenvalue weighted by Crippen LogP contribution is -2.78. The first-order chi connectivity index (χ1) is 28.2. The van der Waals surface area contributed by atoms with Crippen LogP contribution in [0.2, 0.25) is 0 Å². The summed E-state index contributed by atoms with van der Waals surface area (Å²) in [5.74, 6) is -1.44. The van der Waals surface area contributed by atoms with Crippen molar-refractivity contribution in [2.24, 2.45) is 0 Å². The fraction of sp³-hybridized carbons (Fsp3) is 0.423. The second-order valence-corrected chi connectivity index (χ2v) is 24.1. The molecule has 0 aliphatic carbocycles. The molecule has 0 spiro atoms. The SMILES string of the molecule is CC(C)(C)[PH+](c1cc(OC(F)(F)F)cc(OC(F)(F)F)c1)C(C)(C)C.Cc1cc(C)c([B-](c2c(C)cc(C)cc2C)(c2c(C)cc(C)cc2C)c2c(C)cc(C)cc2C)c(C)c1. The third-order valence-corrected chi connectivity index (χ3v) is 15.7. The Bertz CT molecular complexity index is 2070. The monoisotopic (exact) mass is 878 g/mol. The van der Waals surface area contributed by atoms with E-state index in [4.69, 9.17) is 0 Å². The Morgan fingerprint density at radius 1 is 0.355 bits per heavy atom. The first-order valence-corrected chi connectivity index (χ1v) is 22.7. The number of benzene rings is 5. The maximum atomic E-state index is 12.5. The van der Waals surface area contributed by atoms with Gasteiger partial charge < -0.3 is 9.47 Å². The van der Waals surface area contributed by atoms with Crippen LogP contribution in [0.1, 0.15) is 108 Å². The van der Waals surface area contributed by atoms with Gasteiger partial charge in [0.25, 0.3) is 0 Å². The van der Waals surface area contributed by atoms with Gasteiger partial charge in [0.15, 0.2) is 0 Å². The van der Waals surface area contributed by atoms with Crippen molar-refractivity contribution in [3.05, 3.63) is 133 Å². The van der Waals surface area contributed by atoms with Crippen LogP contribution in [0.15, 0.2) is 66.7 Å². The lowest BCUT2D eigenvalue weighted by Gasteiger charge is -2.51. The summed E-state index contributed by atoms with van der Waals surface area (Å²) in [5, 5.41) is -0.268. The highest BCUT2D eigenvalue weighted by Crippen LogP contribution is 2.59. The molecule has 62 heavy (non-hydrogen) atoms. The molecule has 0 fully saturated rings. The Labute approximate surface area is 368 Å². The van der Waals surface area contributed by atoms with E-state index in [2.05, 4.69) is 141 Å². The molecule has 2 nitrogen and oxygen atoms in total. The Hall–Kier alpha value is -4.23. The lowest BCUT2D eigenvalue weighted by atomic mass is 9.10. The van der Waals surface area contributed by atoms with Gasteiger partial charge in [-0.15, -0.1) is 26.3 Å². The smallest absolute Gasteiger partial charge is 0.405 e. The second-order valence-electron chi connectivity index (χ2n) is 19.8. The van der Waals surface area contributed by atoms with Crippen LogP contribution in [0.3, 0.4) is 0 Å². The van der Waals surface area contributed by atoms with Gasteiger partial charge >= 0.3 is 12.7 Å². The van der Waals surface area contributed by atoms with Crippen molar-refractivity contribution in [3.8, 4) is 11.5 Å². The molecule has 5 aromatic rings. The summed E-state index contributed by atoms with van der Waals surface area (Å²) in [6, 6.07) is 22.1. The van der Waals surface area contributed by atoms with Crippen LogP contribution in [-0.2, 0) is 0 Å². The largest absolute Gasteiger partial charge is 0.573 e. The van der Waals surface area contributed by atoms with E-state index in [0.29, 0.717) is 11.4 Å². The average Bonchev–Trinajstić information content (AvgIpc) is 3.00. The minimum atomic E-state index is -5.01. The molecule has 0 N–H and O–H groups in total. The highest BCUT2D eigenvalue weighted by Gasteiger charge is 2.45. The molecule has 0 aliphatic rings. The Morgan fingerprint density at radius 3 is 0.742 bits per heavy atom. The van der Waals surface area contributed by atoms with Gasteiger partial charge in [0.2, 0.25) is 0 Å². The number of alkyl halides is 6. The maximum absolute atomic E-state index is 12.5. The zero-order valence-corrected chi connectivity index (χ0v) is 41.0. The van der Waals surface area contributed by atoms with Crippen LogP contribution in [0.5, 0.6) is 11.5 Å². The number of hydrogen-bond acceptors (Lipinski definition) is 2. The molecule has 0 amide bonds. The molecule has 0 aliphatic heterocycles. The fourth-order valence-corrected chi connectivity index (χ4v) is 16.0. The first kappa shape index (κ1) is 50.4. The van der Waals surface area contributed by atoms with E-state index in [1.165, 1.54) is 88.6 Å². The zero-order chi connectivity index (χ0) is 47.2. The summed E-state index contributed by atoms with van der Waals surface area (Å²) in [5.41, 5.74) is 22.4. The number of hydrogen-bond donors (Lipinski definition) is 0. The highest BCUT2D eigenvalue weighted by molar-refractivity contribution is 7.68. The molecule has 0 bridgehead atoms. The standard InChI is InChI=1S/C36H44B.C16H21F6O2P/c1-21-13-25(5)33(26(6)14-21)37(34-27(7)15-22(2)16-28(34)8,35-29(9)17-23(3)18-30(35)10)36-31(11)19-24(4)20-32(36)12;1-13(2,3)25(14(4,5)6)12-8-10(23-15(17,18)19)7-11(9-12)24-16(20,21)22/h13-20H,1-12H3;7-9H,1-6H3/q-1;/p+1. The van der Waals surface area contributed by atoms with Crippen molar-refractivity contribution in [2.45, 2.75) is 148 Å². The van der Waals surface area contributed by atoms with Crippen LogP contribution in [0, 0.1) is 83.1 Å². The van der Waals surface area contributed by atoms with Crippen LogP contribution in [-0.4, -0.2) is 29.2 Å². The van der Waals surface area contributed by atoms with E-state index < -0.39 is 38.3 Å². The highest BCUT2D eigenvalue weighted by atomic mass is 31.1. The summed E-state index contributed by atoms with van der Waals surface area (Å²) in [4.78, 5) is 0. The molecule has 0 heterocycles. The first-order valence-electron chi connectivity index (χ1n) is 21.2. The van der Waals surface area contributed by atoms with Gasteiger partial charge in [-0.3, -0.25) is 0 Å². The maximum Gasteiger partial charge on any atom is 0.573 e. The normalized spacial score (nSPS) is 12.7. The molecule has 5 rings (SSSR count). The van der Waals surface area contributed by atoms with Gasteiger partial charge in [-0.2, -0.15) is 21.9 Å². The van der Waals surface area contributed by atoms with Crippen molar-refractivity contribution in [3.63, 3.8) is 0 Å². The van der Waals surface area contributed by atoms with Crippen LogP contribution >= 0.6 is 7.92 Å². The van der Waals surface area contributed by atoms with Crippen molar-refractivity contribution >= 4 is 41.2 Å². The second kappa shape index (κ2) is 18.1. The number of rotatable bonds is 7. The van der Waals surface area contributed by atoms with Crippen LogP contribution in [0.4, 0.5) is 26.3 Å². The molecular formula is C52H66BF6O2P. The quantitative estimate of drug-likeness (QED) is 0.0921. The Balaban J connectivity index is 0.000000296. The molecule has 10 heteroatoms. The average molecular weight is 879 g/mol. The van der Waals surface area contributed by atoms with Gasteiger partial charge in [0.05, 0.1) is 15.6 Å².